The van der Waals surface area contributed by atoms with E-state index in [0.29, 0.717) is 12.0 Å². The maximum absolute atomic E-state index is 4.77. The van der Waals surface area contributed by atoms with Gasteiger partial charge in [-0.15, -0.1) is 0 Å². The third-order valence-electron chi connectivity index (χ3n) is 6.60. The molecule has 1 N–H and O–H groups in total. The maximum Gasteiger partial charge on any atom is 0.140 e. The summed E-state index contributed by atoms with van der Waals surface area (Å²) >= 11 is 0. The molecule has 1 saturated heterocycles. The van der Waals surface area contributed by atoms with Crippen LogP contribution in [-0.4, -0.2) is 37.4 Å². The summed E-state index contributed by atoms with van der Waals surface area (Å²) < 4.78 is 0. The number of hydrazone groups is 1. The lowest BCUT2D eigenvalue weighted by Gasteiger charge is -2.34. The van der Waals surface area contributed by atoms with E-state index in [9.17, 15) is 0 Å². The lowest BCUT2D eigenvalue weighted by Crippen LogP contribution is -3.14. The molecule has 0 saturated carbocycles. The molecule has 0 bridgehead atoms. The topological polar surface area (TPSA) is 20.0 Å². The quantitative estimate of drug-likeness (QED) is 0.658. The van der Waals surface area contributed by atoms with E-state index < -0.39 is 0 Å². The summed E-state index contributed by atoms with van der Waals surface area (Å²) in [6.45, 7) is 8.67. The van der Waals surface area contributed by atoms with Crippen LogP contribution in [0.25, 0.3) is 11.1 Å². The van der Waals surface area contributed by atoms with Gasteiger partial charge in [0.05, 0.1) is 32.4 Å². The zero-order valence-corrected chi connectivity index (χ0v) is 17.9. The number of nitrogens with zero attached hydrogens (tertiary/aromatic N) is 2. The third-order valence-corrected chi connectivity index (χ3v) is 6.60. The highest BCUT2D eigenvalue weighted by atomic mass is 15.5. The van der Waals surface area contributed by atoms with E-state index in [2.05, 4.69) is 91.7 Å². The van der Waals surface area contributed by atoms with Gasteiger partial charge >= 0.3 is 0 Å². The Labute approximate surface area is 179 Å². The van der Waals surface area contributed by atoms with Crippen molar-refractivity contribution in [3.8, 4) is 11.1 Å². The van der Waals surface area contributed by atoms with Gasteiger partial charge in [0, 0.05) is 11.1 Å². The maximum atomic E-state index is 4.77. The highest BCUT2D eigenvalue weighted by Gasteiger charge is 2.37. The second kappa shape index (κ2) is 8.08. The van der Waals surface area contributed by atoms with Gasteiger partial charge in [0.1, 0.15) is 6.04 Å². The molecule has 5 rings (SSSR count). The molecule has 0 radical (unpaired) electrons. The normalized spacial score (nSPS) is 17.0. The van der Waals surface area contributed by atoms with E-state index in [-0.39, 0.29) is 0 Å². The van der Waals surface area contributed by atoms with Gasteiger partial charge in [-0.25, -0.2) is 0 Å². The Bertz CT molecular complexity index is 998. The molecule has 1 aliphatic carbocycles. The lowest BCUT2D eigenvalue weighted by molar-refractivity contribution is -0.929. The number of hydrogen-bond donors (Lipinski definition) is 1. The predicted octanol–water partition coefficient (Wildman–Crippen LogP) is 4.11. The molecule has 1 fully saturated rings. The molecule has 1 heterocycles. The van der Waals surface area contributed by atoms with E-state index in [0.717, 1.165) is 26.2 Å². The molecule has 30 heavy (non-hydrogen) atoms. The van der Waals surface area contributed by atoms with Crippen LogP contribution in [0.5, 0.6) is 0 Å². The molecule has 1 aliphatic heterocycles. The fraction of sp³-hybridized carbons (Fsp3) is 0.296. The molecule has 0 atom stereocenters. The Balaban J connectivity index is 1.27. The van der Waals surface area contributed by atoms with Crippen molar-refractivity contribution in [2.45, 2.75) is 25.8 Å². The summed E-state index contributed by atoms with van der Waals surface area (Å²) in [5, 5.41) is 7.00. The molecule has 3 aromatic rings. The monoisotopic (exact) mass is 396 g/mol. The van der Waals surface area contributed by atoms with Gasteiger partial charge in [-0.2, -0.15) is 5.10 Å². The summed E-state index contributed by atoms with van der Waals surface area (Å²) in [6.07, 6.45) is 2.01. The highest BCUT2D eigenvalue weighted by Crippen LogP contribution is 2.41. The molecular weight excluding hydrogens is 366 g/mol. The number of rotatable bonds is 4. The summed E-state index contributed by atoms with van der Waals surface area (Å²) in [5.41, 5.74) is 8.34. The van der Waals surface area contributed by atoms with E-state index in [4.69, 9.17) is 5.10 Å². The zero-order valence-electron chi connectivity index (χ0n) is 17.9. The largest absolute Gasteiger partial charge is 0.322 e. The Morgan fingerprint density at radius 2 is 1.40 bits per heavy atom. The number of piperazine rings is 1. The zero-order chi connectivity index (χ0) is 20.5. The fourth-order valence-electron chi connectivity index (χ4n) is 4.90. The smallest absolute Gasteiger partial charge is 0.140 e. The second-order valence-electron chi connectivity index (χ2n) is 8.79. The number of nitrogens with one attached hydrogen (secondary N) is 1. The van der Waals surface area contributed by atoms with Crippen LogP contribution >= 0.6 is 0 Å². The van der Waals surface area contributed by atoms with Crippen LogP contribution in [0, 0.1) is 0 Å². The van der Waals surface area contributed by atoms with Crippen LogP contribution in [0.3, 0.4) is 0 Å². The summed E-state index contributed by atoms with van der Waals surface area (Å²) in [4.78, 5) is 1.65. The van der Waals surface area contributed by atoms with Gasteiger partial charge in [0.25, 0.3) is 0 Å². The predicted molar refractivity (Wildman–Crippen MR) is 124 cm³/mol. The number of hydrogen-bond acceptors (Lipinski definition) is 2. The van der Waals surface area contributed by atoms with Crippen molar-refractivity contribution in [2.24, 2.45) is 5.10 Å². The van der Waals surface area contributed by atoms with Crippen molar-refractivity contribution < 1.29 is 4.90 Å². The molecule has 152 valence electrons. The van der Waals surface area contributed by atoms with Crippen molar-refractivity contribution in [3.05, 3.63) is 95.1 Å². The number of quaternary nitrogens is 1. The SMILES string of the molecule is CC(C)c1ccc(/C=N\N2CC[NH+](C3c4ccccc4-c4ccccc43)CC2)cc1. The Morgan fingerprint density at radius 3 is 1.97 bits per heavy atom. The molecule has 0 aromatic heterocycles. The van der Waals surface area contributed by atoms with Gasteiger partial charge in [-0.05, 0) is 28.2 Å². The minimum Gasteiger partial charge on any atom is -0.322 e. The van der Waals surface area contributed by atoms with Crippen molar-refractivity contribution in [1.82, 2.24) is 5.01 Å². The van der Waals surface area contributed by atoms with Gasteiger partial charge in [-0.1, -0.05) is 86.6 Å². The summed E-state index contributed by atoms with van der Waals surface area (Å²) in [6, 6.07) is 27.1. The molecule has 3 heteroatoms. The first kappa shape index (κ1) is 19.1. The van der Waals surface area contributed by atoms with Crippen LogP contribution in [-0.2, 0) is 0 Å². The van der Waals surface area contributed by atoms with Crippen molar-refractivity contribution in [1.29, 1.82) is 0 Å². The molecule has 2 aliphatic rings. The van der Waals surface area contributed by atoms with Gasteiger partial charge in [0.15, 0.2) is 0 Å². The van der Waals surface area contributed by atoms with E-state index in [1.807, 2.05) is 6.21 Å². The first-order valence-corrected chi connectivity index (χ1v) is 11.1. The molecule has 0 unspecified atom stereocenters. The molecule has 3 nitrogen and oxygen atoms in total. The van der Waals surface area contributed by atoms with Crippen molar-refractivity contribution in [3.63, 3.8) is 0 Å². The van der Waals surface area contributed by atoms with Crippen LogP contribution in [0.15, 0.2) is 77.9 Å². The number of benzene rings is 3. The van der Waals surface area contributed by atoms with Crippen LogP contribution in [0.2, 0.25) is 0 Å². The van der Waals surface area contributed by atoms with Crippen LogP contribution in [0.4, 0.5) is 0 Å². The van der Waals surface area contributed by atoms with Crippen LogP contribution < -0.4 is 4.90 Å². The highest BCUT2D eigenvalue weighted by molar-refractivity contribution is 5.79. The third kappa shape index (κ3) is 3.54. The first-order valence-electron chi connectivity index (χ1n) is 11.1. The number of fused-ring (bicyclic) bond motifs is 3. The minimum absolute atomic E-state index is 0.451. The summed E-state index contributed by atoms with van der Waals surface area (Å²) in [5.74, 6) is 0.567. The minimum atomic E-state index is 0.451. The molecule has 0 spiro atoms. The van der Waals surface area contributed by atoms with Crippen molar-refractivity contribution >= 4 is 6.21 Å². The standard InChI is InChI=1S/C27H29N3/c1-20(2)22-13-11-21(12-14-22)19-28-30-17-15-29(16-18-30)27-25-9-5-3-7-23(25)24-8-4-6-10-26(24)27/h3-14,19-20,27H,15-18H2,1-2H3/p+1/b28-19-. The molecular formula is C27H30N3+. The van der Waals surface area contributed by atoms with Crippen LogP contribution in [0.1, 0.15) is 48.1 Å². The van der Waals surface area contributed by atoms with Gasteiger partial charge in [0.2, 0.25) is 0 Å². The lowest BCUT2D eigenvalue weighted by atomic mass is 10.0. The van der Waals surface area contributed by atoms with E-state index >= 15 is 0 Å². The second-order valence-corrected chi connectivity index (χ2v) is 8.79. The van der Waals surface area contributed by atoms with Crippen molar-refractivity contribution in [2.75, 3.05) is 26.2 Å². The molecule has 0 amide bonds. The first-order chi connectivity index (χ1) is 14.7. The van der Waals surface area contributed by atoms with Gasteiger partial charge < -0.3 is 4.90 Å². The molecule has 3 aromatic carbocycles. The Hall–Kier alpha value is -2.91. The average Bonchev–Trinajstić information content (AvgIpc) is 3.13. The van der Waals surface area contributed by atoms with E-state index in [1.54, 1.807) is 4.90 Å². The summed E-state index contributed by atoms with van der Waals surface area (Å²) in [7, 11) is 0. The Kier molecular flexibility index (Phi) is 5.14. The fourth-order valence-corrected chi connectivity index (χ4v) is 4.90. The van der Waals surface area contributed by atoms with E-state index in [1.165, 1.54) is 33.4 Å². The van der Waals surface area contributed by atoms with Gasteiger partial charge in [-0.3, -0.25) is 5.01 Å². The average molecular weight is 397 g/mol. The Morgan fingerprint density at radius 1 is 0.833 bits per heavy atom.